The van der Waals surface area contributed by atoms with Crippen molar-refractivity contribution in [2.45, 2.75) is 7.35 Å². The van der Waals surface area contributed by atoms with Crippen molar-refractivity contribution in [3.8, 4) is 0 Å². The van der Waals surface area contributed by atoms with Gasteiger partial charge < -0.3 is 24.8 Å². The fourth-order valence-electron chi connectivity index (χ4n) is 4.61. The molecular weight excluding hydrogens is 542 g/mol. The van der Waals surface area contributed by atoms with Crippen LogP contribution in [0.3, 0.4) is 0 Å². The molecular formula is C22H18Cl2HfSi. The van der Waals surface area contributed by atoms with Gasteiger partial charge in [0.05, 0.1) is 0 Å². The Balaban J connectivity index is 0.000000980. The number of rotatable bonds is 2. The van der Waals surface area contributed by atoms with Gasteiger partial charge >= 0.3 is 156 Å². The summed E-state index contributed by atoms with van der Waals surface area (Å²) in [7, 11) is -1.99. The van der Waals surface area contributed by atoms with Crippen LogP contribution in [0.5, 0.6) is 0 Å². The quantitative estimate of drug-likeness (QED) is 0.429. The van der Waals surface area contributed by atoms with Crippen LogP contribution in [0.1, 0.15) is 29.6 Å². The summed E-state index contributed by atoms with van der Waals surface area (Å²) in [6.45, 7) is 8.61. The standard InChI is InChI=1S/C22H18Si.2ClH.Hf/c1-3-23(4-2,21-13-17-9-5-6-10-18(17)14-21)22-15-19-11-7-8-12-20(19)16-22;;;/h3-16H,1-2H2;2*1H;/q;;;+2/p-2. The summed E-state index contributed by atoms with van der Waals surface area (Å²) in [6.07, 6.45) is 4.98. The SMILES string of the molecule is C=C[Si]1(C=C)C2=Cc3ccccc3[CH]2[Hf+2][CH]2C1=Cc1ccccc12.[Cl-].[Cl-]. The van der Waals surface area contributed by atoms with E-state index in [1.165, 1.54) is 11.1 Å². The summed E-state index contributed by atoms with van der Waals surface area (Å²) in [5.74, 6) is 0. The van der Waals surface area contributed by atoms with E-state index in [0.717, 1.165) is 7.35 Å². The van der Waals surface area contributed by atoms with Gasteiger partial charge in [-0.1, -0.05) is 0 Å². The Morgan fingerprint density at radius 1 is 0.731 bits per heavy atom. The molecule has 0 amide bonds. The van der Waals surface area contributed by atoms with Gasteiger partial charge in [0.25, 0.3) is 0 Å². The third kappa shape index (κ3) is 2.50. The normalized spacial score (nSPS) is 22.3. The first-order valence-corrected chi connectivity index (χ1v) is 14.7. The minimum Gasteiger partial charge on any atom is -1.00 e. The molecule has 2 atom stereocenters. The first kappa shape index (κ1) is 19.8. The van der Waals surface area contributed by atoms with Gasteiger partial charge in [0.1, 0.15) is 0 Å². The van der Waals surface area contributed by atoms with Gasteiger partial charge in [0.2, 0.25) is 0 Å². The summed E-state index contributed by atoms with van der Waals surface area (Å²) in [5.41, 5.74) is 10.6. The molecule has 0 saturated carbocycles. The van der Waals surface area contributed by atoms with E-state index in [1.807, 2.05) is 0 Å². The van der Waals surface area contributed by atoms with Gasteiger partial charge in [-0.2, -0.15) is 0 Å². The van der Waals surface area contributed by atoms with E-state index in [-0.39, 0.29) is 24.8 Å². The molecule has 2 aromatic carbocycles. The molecule has 2 unspecified atom stereocenters. The molecule has 128 valence electrons. The Morgan fingerprint density at radius 2 is 1.15 bits per heavy atom. The van der Waals surface area contributed by atoms with E-state index in [0.29, 0.717) is 0 Å². The minimum atomic E-state index is -1.99. The zero-order valence-electron chi connectivity index (χ0n) is 14.3. The van der Waals surface area contributed by atoms with E-state index in [4.69, 9.17) is 0 Å². The molecule has 5 rings (SSSR count). The van der Waals surface area contributed by atoms with Crippen molar-refractivity contribution >= 4 is 20.2 Å². The second kappa shape index (κ2) is 7.24. The van der Waals surface area contributed by atoms with Crippen LogP contribution >= 0.6 is 0 Å². The van der Waals surface area contributed by atoms with E-state index in [9.17, 15) is 0 Å². The number of fused-ring (bicyclic) bond motifs is 6. The summed E-state index contributed by atoms with van der Waals surface area (Å²) in [4.78, 5) is 0. The van der Waals surface area contributed by atoms with E-state index in [1.54, 1.807) is 21.5 Å². The largest absolute Gasteiger partial charge is 1.00 e. The van der Waals surface area contributed by atoms with Crippen LogP contribution in [0.15, 0.2) is 83.5 Å². The van der Waals surface area contributed by atoms with Crippen LogP contribution in [-0.4, -0.2) is 8.07 Å². The molecule has 2 aromatic rings. The molecule has 0 aromatic heterocycles. The van der Waals surface area contributed by atoms with E-state index in [2.05, 4.69) is 85.2 Å². The Bertz CT molecular complexity index is 883. The number of halogens is 2. The Kier molecular flexibility index (Phi) is 5.52. The van der Waals surface area contributed by atoms with E-state index < -0.39 is 31.0 Å². The number of benzene rings is 2. The third-order valence-corrected chi connectivity index (χ3v) is 18.8. The van der Waals surface area contributed by atoms with Gasteiger partial charge in [-0.3, -0.25) is 0 Å². The molecule has 1 fully saturated rings. The Morgan fingerprint density at radius 3 is 1.58 bits per heavy atom. The second-order valence-electron chi connectivity index (χ2n) is 6.77. The predicted molar refractivity (Wildman–Crippen MR) is 100 cm³/mol. The van der Waals surface area contributed by atoms with Crippen molar-refractivity contribution in [3.05, 3.63) is 106 Å². The maximum atomic E-state index is 4.30. The van der Waals surface area contributed by atoms with Crippen molar-refractivity contribution in [2.75, 3.05) is 0 Å². The maximum Gasteiger partial charge on any atom is -1.00 e. The van der Waals surface area contributed by atoms with Gasteiger partial charge in [0.15, 0.2) is 0 Å². The summed E-state index contributed by atoms with van der Waals surface area (Å²) < 4.78 is 1.44. The minimum absolute atomic E-state index is 0. The van der Waals surface area contributed by atoms with Crippen LogP contribution < -0.4 is 24.8 Å². The molecule has 3 aliphatic rings. The topological polar surface area (TPSA) is 0 Å². The first-order valence-electron chi connectivity index (χ1n) is 8.44. The molecule has 1 saturated heterocycles. The molecule has 1 aliphatic heterocycles. The molecule has 0 bridgehead atoms. The molecule has 2 aliphatic carbocycles. The summed E-state index contributed by atoms with van der Waals surface area (Å²) in [6, 6.07) is 18.0. The maximum absolute atomic E-state index is 4.30. The number of hydrogen-bond donors (Lipinski definition) is 0. The van der Waals surface area contributed by atoms with Crippen LogP contribution in [0.2, 0.25) is 0 Å². The van der Waals surface area contributed by atoms with Gasteiger partial charge in [-0.25, -0.2) is 0 Å². The zero-order chi connectivity index (χ0) is 16.3. The van der Waals surface area contributed by atoms with Crippen LogP contribution in [-0.2, 0) is 22.9 Å². The fourth-order valence-corrected chi connectivity index (χ4v) is 20.9. The van der Waals surface area contributed by atoms with Gasteiger partial charge in [-0.15, -0.1) is 0 Å². The Labute approximate surface area is 180 Å². The Hall–Kier alpha value is -0.933. The van der Waals surface area contributed by atoms with Crippen LogP contribution in [0.4, 0.5) is 0 Å². The first-order chi connectivity index (χ1) is 11.8. The average molecular weight is 560 g/mol. The third-order valence-electron chi connectivity index (χ3n) is 5.79. The predicted octanol–water partition coefficient (Wildman–Crippen LogP) is -0.655. The molecule has 0 N–H and O–H groups in total. The fraction of sp³-hybridized carbons (Fsp3) is 0.0909. The van der Waals surface area contributed by atoms with Crippen molar-refractivity contribution in [1.82, 2.24) is 0 Å². The second-order valence-corrected chi connectivity index (χ2v) is 15.8. The molecule has 0 radical (unpaired) electrons. The smallest absolute Gasteiger partial charge is 1.00 e. The van der Waals surface area contributed by atoms with Gasteiger partial charge in [0, 0.05) is 0 Å². The summed E-state index contributed by atoms with van der Waals surface area (Å²) in [5, 5.41) is 3.35. The van der Waals surface area contributed by atoms with E-state index >= 15 is 0 Å². The molecule has 0 spiro atoms. The molecule has 4 heteroatoms. The van der Waals surface area contributed by atoms with Gasteiger partial charge in [-0.05, 0) is 0 Å². The van der Waals surface area contributed by atoms with Crippen molar-refractivity contribution in [3.63, 3.8) is 0 Å². The number of allylic oxidation sites excluding steroid dienone is 2. The van der Waals surface area contributed by atoms with Crippen LogP contribution in [0, 0.1) is 0 Å². The molecule has 0 nitrogen and oxygen atoms in total. The molecule has 1 heterocycles. The number of hydrogen-bond acceptors (Lipinski definition) is 0. The monoisotopic (exact) mass is 560 g/mol. The van der Waals surface area contributed by atoms with Crippen molar-refractivity contribution in [1.29, 1.82) is 0 Å². The van der Waals surface area contributed by atoms with Crippen LogP contribution in [0.25, 0.3) is 12.2 Å². The summed E-state index contributed by atoms with van der Waals surface area (Å²) >= 11 is -0.943. The zero-order valence-corrected chi connectivity index (χ0v) is 20.4. The average Bonchev–Trinajstić information content (AvgIpc) is 3.19. The molecule has 26 heavy (non-hydrogen) atoms. The van der Waals surface area contributed by atoms with Crippen molar-refractivity contribution in [2.24, 2.45) is 0 Å². The van der Waals surface area contributed by atoms with Crippen molar-refractivity contribution < 1.29 is 47.7 Å².